The summed E-state index contributed by atoms with van der Waals surface area (Å²) in [5, 5.41) is 15.0. The normalized spacial score (nSPS) is 12.1. The van der Waals surface area contributed by atoms with Gasteiger partial charge in [-0.1, -0.05) is 84.9 Å². The molecule has 0 fully saturated rings. The molecular weight excluding hydrogens is 474 g/mol. The van der Waals surface area contributed by atoms with E-state index in [1.807, 2.05) is 24.3 Å². The molecule has 2 atom stereocenters. The van der Waals surface area contributed by atoms with E-state index >= 15 is 0 Å². The molecule has 0 radical (unpaired) electrons. The standard InChI is InChI=1S/C28H29N3O6/c29-27(35)24(15-19-11-13-22(14-12-19)26(34)21-9-5-2-6-10-21)31-25(33)16-23(32)17-30-28(36)37-18-20-7-3-1-4-8-20/h1-14,23-24,32H,15-18H2,(H2,29,35)(H,30,36)(H,31,33)/t23-,24-/m1/s1. The lowest BCUT2D eigenvalue weighted by Crippen LogP contribution is -2.47. The predicted molar refractivity (Wildman–Crippen MR) is 136 cm³/mol. The fourth-order valence-corrected chi connectivity index (χ4v) is 3.52. The summed E-state index contributed by atoms with van der Waals surface area (Å²) in [6.07, 6.45) is -2.16. The zero-order valence-electron chi connectivity index (χ0n) is 20.1. The molecule has 0 saturated carbocycles. The number of hydrogen-bond acceptors (Lipinski definition) is 6. The number of ether oxygens (including phenoxy) is 1. The first-order valence-electron chi connectivity index (χ1n) is 11.7. The number of nitrogens with one attached hydrogen (secondary N) is 2. The van der Waals surface area contributed by atoms with Crippen molar-refractivity contribution in [1.29, 1.82) is 0 Å². The summed E-state index contributed by atoms with van der Waals surface area (Å²) >= 11 is 0. The third-order valence-corrected chi connectivity index (χ3v) is 5.49. The number of primary amides is 1. The van der Waals surface area contributed by atoms with E-state index in [0.717, 1.165) is 5.56 Å². The number of rotatable bonds is 12. The molecule has 0 aliphatic carbocycles. The van der Waals surface area contributed by atoms with Crippen molar-refractivity contribution in [3.8, 4) is 0 Å². The maximum atomic E-state index is 12.5. The summed E-state index contributed by atoms with van der Waals surface area (Å²) in [5.41, 5.74) is 8.02. The van der Waals surface area contributed by atoms with E-state index in [-0.39, 0.29) is 31.8 Å². The summed E-state index contributed by atoms with van der Waals surface area (Å²) in [5.74, 6) is -1.47. The number of amides is 3. The third-order valence-electron chi connectivity index (χ3n) is 5.49. The number of alkyl carbamates (subject to hydrolysis) is 1. The number of nitrogens with two attached hydrogens (primary N) is 1. The van der Waals surface area contributed by atoms with Crippen molar-refractivity contribution in [2.75, 3.05) is 6.54 Å². The quantitative estimate of drug-likeness (QED) is 0.278. The fourth-order valence-electron chi connectivity index (χ4n) is 3.52. The van der Waals surface area contributed by atoms with Gasteiger partial charge in [-0.25, -0.2) is 4.79 Å². The number of benzene rings is 3. The minimum Gasteiger partial charge on any atom is -0.445 e. The fraction of sp³-hybridized carbons (Fsp3) is 0.214. The van der Waals surface area contributed by atoms with Crippen LogP contribution in [0.15, 0.2) is 84.9 Å². The summed E-state index contributed by atoms with van der Waals surface area (Å²) in [6.45, 7) is -0.135. The molecule has 0 aliphatic heterocycles. The van der Waals surface area contributed by atoms with Gasteiger partial charge in [0.05, 0.1) is 12.5 Å². The van der Waals surface area contributed by atoms with Gasteiger partial charge in [0.2, 0.25) is 11.8 Å². The van der Waals surface area contributed by atoms with Crippen LogP contribution >= 0.6 is 0 Å². The number of aliphatic hydroxyl groups is 1. The molecule has 192 valence electrons. The Balaban J connectivity index is 1.44. The molecule has 0 unspecified atom stereocenters. The zero-order valence-corrected chi connectivity index (χ0v) is 20.1. The average molecular weight is 504 g/mol. The van der Waals surface area contributed by atoms with Crippen LogP contribution in [0.3, 0.4) is 0 Å². The molecular formula is C28H29N3O6. The van der Waals surface area contributed by atoms with Crippen molar-refractivity contribution in [3.63, 3.8) is 0 Å². The summed E-state index contributed by atoms with van der Waals surface area (Å²) in [6, 6.07) is 23.6. The van der Waals surface area contributed by atoms with Crippen molar-refractivity contribution in [3.05, 3.63) is 107 Å². The molecule has 3 aromatic rings. The van der Waals surface area contributed by atoms with Crippen LogP contribution in [0.2, 0.25) is 0 Å². The number of carbonyl (C=O) groups is 4. The predicted octanol–water partition coefficient (Wildman–Crippen LogP) is 2.11. The molecule has 9 heteroatoms. The lowest BCUT2D eigenvalue weighted by atomic mass is 9.99. The van der Waals surface area contributed by atoms with Crippen molar-refractivity contribution >= 4 is 23.7 Å². The molecule has 3 aromatic carbocycles. The Labute approximate surface area is 214 Å². The van der Waals surface area contributed by atoms with Gasteiger partial charge < -0.3 is 26.2 Å². The Morgan fingerprint density at radius 2 is 1.41 bits per heavy atom. The smallest absolute Gasteiger partial charge is 0.407 e. The maximum Gasteiger partial charge on any atom is 0.407 e. The SMILES string of the molecule is NC(=O)[C@@H](Cc1ccc(C(=O)c2ccccc2)cc1)NC(=O)C[C@@H](O)CNC(=O)OCc1ccccc1. The monoisotopic (exact) mass is 503 g/mol. The Bertz CT molecular complexity index is 1200. The number of ketones is 1. The Morgan fingerprint density at radius 1 is 0.811 bits per heavy atom. The van der Waals surface area contributed by atoms with E-state index in [1.54, 1.807) is 60.7 Å². The molecule has 3 rings (SSSR count). The molecule has 0 spiro atoms. The minimum atomic E-state index is -1.19. The molecule has 0 aromatic heterocycles. The largest absolute Gasteiger partial charge is 0.445 e. The van der Waals surface area contributed by atoms with Gasteiger partial charge >= 0.3 is 6.09 Å². The summed E-state index contributed by atoms with van der Waals surface area (Å²) in [7, 11) is 0. The van der Waals surface area contributed by atoms with Crippen LogP contribution in [-0.4, -0.2) is 47.5 Å². The molecule has 37 heavy (non-hydrogen) atoms. The zero-order chi connectivity index (χ0) is 26.6. The molecule has 0 bridgehead atoms. The van der Waals surface area contributed by atoms with Gasteiger partial charge in [0.25, 0.3) is 0 Å². The number of hydrogen-bond donors (Lipinski definition) is 4. The molecule has 9 nitrogen and oxygen atoms in total. The highest BCUT2D eigenvalue weighted by Crippen LogP contribution is 2.12. The number of carbonyl (C=O) groups excluding carboxylic acids is 4. The van der Waals surface area contributed by atoms with Gasteiger partial charge in [0.15, 0.2) is 5.78 Å². The first-order valence-corrected chi connectivity index (χ1v) is 11.7. The first kappa shape index (κ1) is 27.1. The Hall–Kier alpha value is -4.50. The molecule has 0 aliphatic rings. The van der Waals surface area contributed by atoms with Crippen LogP contribution in [-0.2, 0) is 27.4 Å². The second kappa shape index (κ2) is 13.6. The summed E-state index contributed by atoms with van der Waals surface area (Å²) in [4.78, 5) is 48.6. The Kier molecular flexibility index (Phi) is 9.92. The Morgan fingerprint density at radius 3 is 2.03 bits per heavy atom. The molecule has 3 amide bonds. The van der Waals surface area contributed by atoms with E-state index in [9.17, 15) is 24.3 Å². The van der Waals surface area contributed by atoms with Gasteiger partial charge in [-0.3, -0.25) is 14.4 Å². The van der Waals surface area contributed by atoms with Crippen LogP contribution in [0.25, 0.3) is 0 Å². The van der Waals surface area contributed by atoms with Crippen LogP contribution < -0.4 is 16.4 Å². The average Bonchev–Trinajstić information content (AvgIpc) is 2.91. The topological polar surface area (TPSA) is 148 Å². The van der Waals surface area contributed by atoms with Crippen molar-refractivity contribution < 1.29 is 29.0 Å². The highest BCUT2D eigenvalue weighted by molar-refractivity contribution is 6.08. The molecule has 0 saturated heterocycles. The van der Waals surface area contributed by atoms with Crippen LogP contribution in [0.4, 0.5) is 4.79 Å². The first-order chi connectivity index (χ1) is 17.8. The van der Waals surface area contributed by atoms with Gasteiger partial charge in [-0.15, -0.1) is 0 Å². The lowest BCUT2D eigenvalue weighted by molar-refractivity contribution is -0.128. The van der Waals surface area contributed by atoms with Crippen molar-refractivity contribution in [2.24, 2.45) is 5.73 Å². The van der Waals surface area contributed by atoms with E-state index in [0.29, 0.717) is 16.7 Å². The molecule has 0 heterocycles. The van der Waals surface area contributed by atoms with E-state index < -0.39 is 30.1 Å². The van der Waals surface area contributed by atoms with E-state index in [2.05, 4.69) is 10.6 Å². The highest BCUT2D eigenvalue weighted by atomic mass is 16.5. The third kappa shape index (κ3) is 8.90. The second-order valence-electron chi connectivity index (χ2n) is 8.42. The highest BCUT2D eigenvalue weighted by Gasteiger charge is 2.21. The van der Waals surface area contributed by atoms with Crippen molar-refractivity contribution in [1.82, 2.24) is 10.6 Å². The van der Waals surface area contributed by atoms with Crippen LogP contribution in [0.5, 0.6) is 0 Å². The van der Waals surface area contributed by atoms with Gasteiger partial charge in [-0.05, 0) is 11.1 Å². The summed E-state index contributed by atoms with van der Waals surface area (Å²) < 4.78 is 5.05. The lowest BCUT2D eigenvalue weighted by Gasteiger charge is -2.17. The maximum absolute atomic E-state index is 12.5. The van der Waals surface area contributed by atoms with Crippen LogP contribution in [0, 0.1) is 0 Å². The van der Waals surface area contributed by atoms with Crippen molar-refractivity contribution in [2.45, 2.75) is 31.6 Å². The van der Waals surface area contributed by atoms with Gasteiger partial charge in [-0.2, -0.15) is 0 Å². The molecule has 5 N–H and O–H groups in total. The van der Waals surface area contributed by atoms with E-state index in [4.69, 9.17) is 10.5 Å². The second-order valence-corrected chi connectivity index (χ2v) is 8.42. The van der Waals surface area contributed by atoms with Gasteiger partial charge in [0.1, 0.15) is 12.6 Å². The van der Waals surface area contributed by atoms with Crippen LogP contribution in [0.1, 0.15) is 33.5 Å². The van der Waals surface area contributed by atoms with Gasteiger partial charge in [0, 0.05) is 24.1 Å². The number of aliphatic hydroxyl groups excluding tert-OH is 1. The minimum absolute atomic E-state index is 0.0743. The van der Waals surface area contributed by atoms with E-state index in [1.165, 1.54) is 0 Å².